The number of rotatable bonds is 9. The van der Waals surface area contributed by atoms with Gasteiger partial charge >= 0.3 is 0 Å². The van der Waals surface area contributed by atoms with Gasteiger partial charge in [-0.25, -0.2) is 9.97 Å². The minimum Gasteiger partial charge on any atom is -0.378 e. The molecule has 1 aliphatic heterocycles. The van der Waals surface area contributed by atoms with Gasteiger partial charge in [0.15, 0.2) is 17.3 Å². The number of nitrogens with zero attached hydrogens (tertiary/aromatic N) is 3. The molecule has 0 unspecified atom stereocenters. The summed E-state index contributed by atoms with van der Waals surface area (Å²) < 4.78 is 5.32. The highest BCUT2D eigenvalue weighted by molar-refractivity contribution is 5.97. The molecule has 5 rings (SSSR count). The number of carbonyl (C=O) groups is 3. The van der Waals surface area contributed by atoms with E-state index in [1.807, 2.05) is 31.2 Å². The highest BCUT2D eigenvalue weighted by Crippen LogP contribution is 2.30. The molecule has 0 radical (unpaired) electrons. The second kappa shape index (κ2) is 12.9. The molecule has 2 fully saturated rings. The fraction of sp³-hybridized carbons (Fsp3) is 0.387. The standard InChI is InChI=1S/C31H36N6O4/c1-20-2-6-22(7-3-20)26(38)18-21-4-10-24(11-5-21)34-27-19-33-28(29(32)39)30(36-27)35-25-12-8-23(9-13-25)31(40)37-14-16-41-17-15-37/h2-3,6-9,12-13,19,21,24H,4-5,10-11,14-18H2,1H3,(H2,32,39)(H2,34,35,36). The SMILES string of the molecule is Cc1ccc(C(=O)CC2CCC(Nc3cnc(C(N)=O)c(Nc4ccc(C(=O)N5CCOCC5)cc4)n3)CC2)cc1. The number of nitrogens with one attached hydrogen (secondary N) is 2. The molecule has 1 saturated heterocycles. The number of nitrogens with two attached hydrogens (primary N) is 1. The van der Waals surface area contributed by atoms with Crippen LogP contribution in [0.4, 0.5) is 17.3 Å². The van der Waals surface area contributed by atoms with E-state index >= 15 is 0 Å². The molecule has 2 aliphatic rings. The van der Waals surface area contributed by atoms with E-state index in [1.54, 1.807) is 29.2 Å². The third kappa shape index (κ3) is 7.26. The molecule has 2 heterocycles. The number of aromatic nitrogens is 2. The molecule has 0 atom stereocenters. The lowest BCUT2D eigenvalue weighted by Gasteiger charge is -2.29. The fourth-order valence-corrected chi connectivity index (χ4v) is 5.35. The van der Waals surface area contributed by atoms with E-state index in [2.05, 4.69) is 20.6 Å². The molecule has 10 heteroatoms. The minimum atomic E-state index is -0.690. The number of hydrogen-bond donors (Lipinski definition) is 3. The monoisotopic (exact) mass is 556 g/mol. The quantitative estimate of drug-likeness (QED) is 0.331. The van der Waals surface area contributed by atoms with E-state index in [9.17, 15) is 14.4 Å². The molecule has 0 bridgehead atoms. The summed E-state index contributed by atoms with van der Waals surface area (Å²) in [6.45, 7) is 4.24. The number of benzene rings is 2. The van der Waals surface area contributed by atoms with Gasteiger partial charge in [0.1, 0.15) is 5.82 Å². The molecular formula is C31H36N6O4. The van der Waals surface area contributed by atoms with E-state index < -0.39 is 5.91 Å². The second-order valence-electron chi connectivity index (χ2n) is 10.8. The van der Waals surface area contributed by atoms with Crippen molar-refractivity contribution in [2.24, 2.45) is 11.7 Å². The zero-order valence-electron chi connectivity index (χ0n) is 23.3. The summed E-state index contributed by atoms with van der Waals surface area (Å²) in [6, 6.07) is 15.0. The molecule has 0 spiro atoms. The van der Waals surface area contributed by atoms with Crippen molar-refractivity contribution in [3.8, 4) is 0 Å². The van der Waals surface area contributed by atoms with Crippen LogP contribution in [0, 0.1) is 12.8 Å². The Labute approximate surface area is 239 Å². The van der Waals surface area contributed by atoms with Crippen LogP contribution in [0.3, 0.4) is 0 Å². The van der Waals surface area contributed by atoms with Crippen LogP contribution in [0.5, 0.6) is 0 Å². The number of morpholine rings is 1. The first-order valence-corrected chi connectivity index (χ1v) is 14.1. The lowest BCUT2D eigenvalue weighted by atomic mass is 9.82. The van der Waals surface area contributed by atoms with Crippen molar-refractivity contribution in [3.05, 3.63) is 77.1 Å². The predicted octanol–water partition coefficient (Wildman–Crippen LogP) is 4.34. The molecular weight excluding hydrogens is 520 g/mol. The Morgan fingerprint density at radius 1 is 0.951 bits per heavy atom. The smallest absolute Gasteiger partial charge is 0.271 e. The number of ketones is 1. The van der Waals surface area contributed by atoms with Crippen LogP contribution < -0.4 is 16.4 Å². The zero-order valence-corrected chi connectivity index (χ0v) is 23.3. The van der Waals surface area contributed by atoms with Crippen molar-refractivity contribution in [2.75, 3.05) is 36.9 Å². The number of amides is 2. The van der Waals surface area contributed by atoms with Crippen molar-refractivity contribution in [1.82, 2.24) is 14.9 Å². The molecule has 1 aromatic heterocycles. The van der Waals surface area contributed by atoms with Crippen LogP contribution in [0.2, 0.25) is 0 Å². The van der Waals surface area contributed by atoms with Gasteiger partial charge in [0.05, 0.1) is 19.4 Å². The predicted molar refractivity (Wildman–Crippen MR) is 156 cm³/mol. The summed E-state index contributed by atoms with van der Waals surface area (Å²) >= 11 is 0. The largest absolute Gasteiger partial charge is 0.378 e. The Morgan fingerprint density at radius 3 is 2.27 bits per heavy atom. The first-order chi connectivity index (χ1) is 19.9. The van der Waals surface area contributed by atoms with Gasteiger partial charge in [-0.2, -0.15) is 0 Å². The summed E-state index contributed by atoms with van der Waals surface area (Å²) in [7, 11) is 0. The van der Waals surface area contributed by atoms with Crippen molar-refractivity contribution < 1.29 is 19.1 Å². The average Bonchev–Trinajstić information content (AvgIpc) is 2.99. The summed E-state index contributed by atoms with van der Waals surface area (Å²) in [5, 5.41) is 6.56. The van der Waals surface area contributed by atoms with Gasteiger partial charge in [0.25, 0.3) is 11.8 Å². The summed E-state index contributed by atoms with van der Waals surface area (Å²) in [5.41, 5.74) is 8.74. The average molecular weight is 557 g/mol. The molecule has 1 aliphatic carbocycles. The third-order valence-electron chi connectivity index (χ3n) is 7.75. The molecule has 41 heavy (non-hydrogen) atoms. The molecule has 214 valence electrons. The Morgan fingerprint density at radius 2 is 1.61 bits per heavy atom. The highest BCUT2D eigenvalue weighted by Gasteiger charge is 2.25. The minimum absolute atomic E-state index is 0.0299. The number of aryl methyl sites for hydroxylation is 1. The van der Waals surface area contributed by atoms with Crippen LogP contribution in [-0.4, -0.2) is 64.8 Å². The Bertz CT molecular complexity index is 1380. The summed E-state index contributed by atoms with van der Waals surface area (Å²) in [5.74, 6) is 0.606. The molecule has 4 N–H and O–H groups in total. The third-order valence-corrected chi connectivity index (χ3v) is 7.75. The van der Waals surface area contributed by atoms with E-state index in [1.165, 1.54) is 6.20 Å². The van der Waals surface area contributed by atoms with Gasteiger partial charge in [-0.05, 0) is 62.8 Å². The van der Waals surface area contributed by atoms with Crippen molar-refractivity contribution in [1.29, 1.82) is 0 Å². The number of primary amides is 1. The molecule has 10 nitrogen and oxygen atoms in total. The normalized spacial score (nSPS) is 18.9. The van der Waals surface area contributed by atoms with E-state index in [0.29, 0.717) is 55.7 Å². The van der Waals surface area contributed by atoms with Gasteiger partial charge in [-0.15, -0.1) is 0 Å². The van der Waals surface area contributed by atoms with Crippen LogP contribution in [0.1, 0.15) is 68.9 Å². The first kappa shape index (κ1) is 28.2. The number of ether oxygens (including phenoxy) is 1. The highest BCUT2D eigenvalue weighted by atomic mass is 16.5. The topological polar surface area (TPSA) is 140 Å². The summed E-state index contributed by atoms with van der Waals surface area (Å²) in [6.07, 6.45) is 5.79. The van der Waals surface area contributed by atoms with Crippen molar-refractivity contribution in [2.45, 2.75) is 45.1 Å². The molecule has 2 amide bonds. The lowest BCUT2D eigenvalue weighted by Crippen LogP contribution is -2.40. The van der Waals surface area contributed by atoms with E-state index in [4.69, 9.17) is 10.5 Å². The van der Waals surface area contributed by atoms with Gasteiger partial charge in [0.2, 0.25) is 0 Å². The zero-order chi connectivity index (χ0) is 28.8. The maximum atomic E-state index is 12.7. The van der Waals surface area contributed by atoms with Gasteiger partial charge in [-0.1, -0.05) is 29.8 Å². The molecule has 2 aromatic carbocycles. The maximum absolute atomic E-state index is 12.7. The van der Waals surface area contributed by atoms with E-state index in [0.717, 1.165) is 36.8 Å². The van der Waals surface area contributed by atoms with Crippen LogP contribution in [-0.2, 0) is 4.74 Å². The van der Waals surface area contributed by atoms with E-state index in [-0.39, 0.29) is 29.2 Å². The fourth-order valence-electron chi connectivity index (χ4n) is 5.35. The Hall–Kier alpha value is -4.31. The van der Waals surface area contributed by atoms with Gasteiger partial charge in [0, 0.05) is 42.4 Å². The maximum Gasteiger partial charge on any atom is 0.271 e. The Balaban J connectivity index is 1.18. The number of anilines is 3. The number of carbonyl (C=O) groups excluding carboxylic acids is 3. The molecule has 1 saturated carbocycles. The first-order valence-electron chi connectivity index (χ1n) is 14.1. The van der Waals surface area contributed by atoms with Crippen LogP contribution in [0.25, 0.3) is 0 Å². The number of Topliss-reactive ketones (excluding diaryl/α,β-unsaturated/α-hetero) is 1. The molecule has 3 aromatic rings. The van der Waals surface area contributed by atoms with Crippen LogP contribution in [0.15, 0.2) is 54.7 Å². The van der Waals surface area contributed by atoms with Crippen LogP contribution >= 0.6 is 0 Å². The number of hydrogen-bond acceptors (Lipinski definition) is 8. The van der Waals surface area contributed by atoms with Crippen molar-refractivity contribution >= 4 is 34.9 Å². The Kier molecular flexibility index (Phi) is 8.88. The summed E-state index contributed by atoms with van der Waals surface area (Å²) in [4.78, 5) is 48.1. The second-order valence-corrected chi connectivity index (χ2v) is 10.8. The lowest BCUT2D eigenvalue weighted by molar-refractivity contribution is 0.0303. The van der Waals surface area contributed by atoms with Crippen molar-refractivity contribution in [3.63, 3.8) is 0 Å². The van der Waals surface area contributed by atoms with Gasteiger partial charge in [-0.3, -0.25) is 14.4 Å². The van der Waals surface area contributed by atoms with Gasteiger partial charge < -0.3 is 26.0 Å².